The third kappa shape index (κ3) is 30.9. The van der Waals surface area contributed by atoms with Gasteiger partial charge in [-0.2, -0.15) is 35.0 Å². The van der Waals surface area contributed by atoms with E-state index in [0.29, 0.717) is 0 Å². The molecule has 0 spiro atoms. The van der Waals surface area contributed by atoms with Gasteiger partial charge in [0.15, 0.2) is 0 Å². The molecule has 0 fully saturated rings. The molecule has 212 valence electrons. The first kappa shape index (κ1) is 51.1. The van der Waals surface area contributed by atoms with E-state index in [2.05, 4.69) is 111 Å². The van der Waals surface area contributed by atoms with Crippen molar-refractivity contribution in [2.75, 3.05) is 0 Å². The fraction of sp³-hybridized carbons (Fsp3) is 0.400. The van der Waals surface area contributed by atoms with Gasteiger partial charge in [-0.25, -0.2) is 0 Å². The molecule has 2 unspecified atom stereocenters. The van der Waals surface area contributed by atoms with Crippen LogP contribution in [0, 0.1) is 0 Å². The van der Waals surface area contributed by atoms with Gasteiger partial charge in [-0.1, -0.05) is 78.9 Å². The van der Waals surface area contributed by atoms with Crippen LogP contribution in [0.2, 0.25) is 26.2 Å². The molecule has 0 amide bonds. The number of rotatable bonds is 2. The predicted molar refractivity (Wildman–Crippen MR) is 162 cm³/mol. The van der Waals surface area contributed by atoms with Crippen LogP contribution in [-0.2, 0) is 51.7 Å². The van der Waals surface area contributed by atoms with E-state index in [1.54, 1.807) is 0 Å². The molecule has 4 aromatic rings. The van der Waals surface area contributed by atoms with Crippen molar-refractivity contribution in [1.29, 1.82) is 0 Å². The average molecular weight is 919 g/mol. The van der Waals surface area contributed by atoms with Crippen LogP contribution in [0.1, 0.15) is 40.5 Å². The van der Waals surface area contributed by atoms with Crippen LogP contribution in [0.5, 0.6) is 0 Å². The molecule has 0 saturated carbocycles. The number of hydrogen-bond acceptors (Lipinski definition) is 0. The molecule has 2 nitrogen and oxygen atoms in total. The maximum absolute atomic E-state index is 6.83. The minimum Gasteiger partial charge on any atom is -1.00 e. The van der Waals surface area contributed by atoms with Crippen molar-refractivity contribution >= 4 is 40.6 Å². The van der Waals surface area contributed by atoms with Crippen LogP contribution in [0.3, 0.4) is 0 Å². The minimum atomic E-state index is 0. The summed E-state index contributed by atoms with van der Waals surface area (Å²) >= 11 is 0. The summed E-state index contributed by atoms with van der Waals surface area (Å²) in [4.78, 5) is 0. The maximum Gasteiger partial charge on any atom is 0.0307 e. The second kappa shape index (κ2) is 37.3. The van der Waals surface area contributed by atoms with Gasteiger partial charge in [0, 0.05) is 70.7 Å². The zero-order valence-electron chi connectivity index (χ0n) is 24.4. The van der Waals surface area contributed by atoms with Gasteiger partial charge in [0.2, 0.25) is 0 Å². The largest absolute Gasteiger partial charge is 1.00 e. The summed E-state index contributed by atoms with van der Waals surface area (Å²) in [6, 6.07) is 29.6. The van der Waals surface area contributed by atoms with Crippen molar-refractivity contribution in [2.24, 2.45) is 0 Å². The molecule has 4 radical (unpaired) electrons. The van der Waals surface area contributed by atoms with Crippen LogP contribution >= 0.6 is 0 Å². The Labute approximate surface area is 289 Å². The van der Waals surface area contributed by atoms with Crippen molar-refractivity contribution < 1.29 is 76.5 Å². The third-order valence-corrected chi connectivity index (χ3v) is 4.32. The molecule has 4 aromatic carbocycles. The first-order valence-corrected chi connectivity index (χ1v) is 16.1. The Morgan fingerprint density at radius 3 is 1.05 bits per heavy atom. The molecular weight excluding hydrogens is 872 g/mol. The summed E-state index contributed by atoms with van der Waals surface area (Å²) in [5.41, 5.74) is 13.7. The summed E-state index contributed by atoms with van der Waals surface area (Å²) in [5, 5.41) is 5.32. The fourth-order valence-electron chi connectivity index (χ4n) is 2.14. The molecule has 0 aliphatic heterocycles. The smallest absolute Gasteiger partial charge is 0.0307 e. The molecule has 0 saturated heterocycles. The molecule has 38 heavy (non-hydrogen) atoms. The Morgan fingerprint density at radius 2 is 0.842 bits per heavy atom. The monoisotopic (exact) mass is 920 g/mol. The first-order chi connectivity index (χ1) is 16.3. The molecular formula is C30H46Cl2Hf2N2Si2-6. The van der Waals surface area contributed by atoms with Gasteiger partial charge in [0.1, 0.15) is 0 Å². The van der Waals surface area contributed by atoms with Crippen molar-refractivity contribution in [3.05, 3.63) is 96.4 Å². The van der Waals surface area contributed by atoms with E-state index in [1.807, 2.05) is 27.7 Å². The molecule has 0 aliphatic carbocycles. The van der Waals surface area contributed by atoms with E-state index in [1.165, 1.54) is 21.5 Å². The Morgan fingerprint density at radius 1 is 0.605 bits per heavy atom. The van der Waals surface area contributed by atoms with Crippen LogP contribution in [-0.4, -0.2) is 31.1 Å². The van der Waals surface area contributed by atoms with E-state index in [4.69, 9.17) is 11.5 Å². The van der Waals surface area contributed by atoms with Crippen molar-refractivity contribution in [3.8, 4) is 0 Å². The summed E-state index contributed by atoms with van der Waals surface area (Å²) in [5.74, 6) is 0. The standard InChI is InChI=1S/2C9H7.2C4H10N.2C2H6Si.2ClH.2Hf/c2*1-2-5-9-7-3-6-8(9)4-1;2*1-3-4(2)5;2*1-3-2;;;;/h2*1-7H;2*4-5H,3H2,1-2H3;2*1-2H3;2*1H;;/q4*-1;;;;;;/p-2. The van der Waals surface area contributed by atoms with Gasteiger partial charge in [0.25, 0.3) is 0 Å². The zero-order chi connectivity index (χ0) is 26.2. The average Bonchev–Trinajstić information content (AvgIpc) is 3.51. The number of nitrogens with one attached hydrogen (secondary N) is 2. The van der Waals surface area contributed by atoms with Gasteiger partial charge in [0.05, 0.1) is 0 Å². The Balaban J connectivity index is -0.0000000837. The molecule has 0 aromatic heterocycles. The Kier molecular flexibility index (Phi) is 50.2. The Bertz CT molecular complexity index is 796. The molecule has 2 N–H and O–H groups in total. The van der Waals surface area contributed by atoms with Crippen LogP contribution in [0.25, 0.3) is 33.0 Å². The molecule has 0 bridgehead atoms. The SMILES string of the molecule is CCC(C)[NH-].CCC(C)[NH-].C[Si]C.C[Si]C.[Cl-].[Cl-].[Hf].[Hf].c1ccc2[cH-]ccc2c1.c1ccc2[cH-]ccc2c1. The Hall–Kier alpha value is 0.334. The normalized spacial score (nSPS) is 9.74. The summed E-state index contributed by atoms with van der Waals surface area (Å²) in [6.45, 7) is 16.4. The predicted octanol–water partition coefficient (Wildman–Crippen LogP) is 4.37. The number of hydrogen-bond donors (Lipinski definition) is 0. The van der Waals surface area contributed by atoms with Crippen molar-refractivity contribution in [3.63, 3.8) is 0 Å². The quantitative estimate of drug-likeness (QED) is 0.212. The zero-order valence-corrected chi connectivity index (χ0v) is 35.1. The minimum absolute atomic E-state index is 0. The van der Waals surface area contributed by atoms with Gasteiger partial charge in [-0.3, -0.25) is 0 Å². The summed E-state index contributed by atoms with van der Waals surface area (Å²) in [6.07, 6.45) is 1.94. The molecule has 4 rings (SSSR count). The first-order valence-electron chi connectivity index (χ1n) is 12.1. The van der Waals surface area contributed by atoms with E-state index in [0.717, 1.165) is 31.9 Å². The number of fused-ring (bicyclic) bond motifs is 2. The fourth-order valence-corrected chi connectivity index (χ4v) is 2.14. The second-order valence-corrected chi connectivity index (χ2v) is 9.93. The van der Waals surface area contributed by atoms with E-state index >= 15 is 0 Å². The van der Waals surface area contributed by atoms with Gasteiger partial charge >= 0.3 is 0 Å². The summed E-state index contributed by atoms with van der Waals surface area (Å²) in [7, 11) is 2.17. The molecule has 0 heterocycles. The van der Waals surface area contributed by atoms with Crippen LogP contribution < -0.4 is 24.8 Å². The van der Waals surface area contributed by atoms with Crippen molar-refractivity contribution in [1.82, 2.24) is 0 Å². The molecule has 2 atom stereocenters. The van der Waals surface area contributed by atoms with Crippen LogP contribution in [0.4, 0.5) is 0 Å². The molecule has 8 heteroatoms. The van der Waals surface area contributed by atoms with E-state index < -0.39 is 0 Å². The van der Waals surface area contributed by atoms with Gasteiger partial charge in [-0.15, -0.1) is 71.4 Å². The van der Waals surface area contributed by atoms with E-state index in [-0.39, 0.29) is 88.6 Å². The van der Waals surface area contributed by atoms with Gasteiger partial charge < -0.3 is 36.3 Å². The second-order valence-electron chi connectivity index (χ2n) is 7.93. The van der Waals surface area contributed by atoms with Crippen molar-refractivity contribution in [2.45, 2.75) is 78.8 Å². The summed E-state index contributed by atoms with van der Waals surface area (Å²) < 4.78 is 0. The number of benzene rings is 2. The number of halogens is 2. The topological polar surface area (TPSA) is 47.6 Å². The third-order valence-electron chi connectivity index (χ3n) is 4.32. The maximum atomic E-state index is 6.83. The van der Waals surface area contributed by atoms with E-state index in [9.17, 15) is 0 Å². The van der Waals surface area contributed by atoms with Crippen LogP contribution in [0.15, 0.2) is 84.9 Å². The molecule has 0 aliphatic rings. The van der Waals surface area contributed by atoms with Gasteiger partial charge in [-0.05, 0) is 0 Å².